The predicted octanol–water partition coefficient (Wildman–Crippen LogP) is 2.13. The molecule has 0 radical (unpaired) electrons. The molecular weight excluding hydrogens is 272 g/mol. The third kappa shape index (κ3) is 4.49. The summed E-state index contributed by atoms with van der Waals surface area (Å²) in [6.07, 6.45) is 0. The van der Waals surface area contributed by atoms with Gasteiger partial charge in [0.05, 0.1) is 0 Å². The Labute approximate surface area is 114 Å². The van der Waals surface area contributed by atoms with E-state index in [1.165, 1.54) is 24.3 Å². The molecule has 1 amide bonds. The van der Waals surface area contributed by atoms with E-state index in [0.717, 1.165) is 0 Å². The van der Waals surface area contributed by atoms with Crippen LogP contribution in [0.5, 0.6) is 5.75 Å². The summed E-state index contributed by atoms with van der Waals surface area (Å²) in [4.78, 5) is 22.8. The summed E-state index contributed by atoms with van der Waals surface area (Å²) in [6, 6.07) is 3.98. The molecule has 1 rings (SSSR count). The molecule has 0 fully saturated rings. The van der Waals surface area contributed by atoms with E-state index in [2.05, 4.69) is 10.1 Å². The third-order valence-corrected chi connectivity index (χ3v) is 2.56. The van der Waals surface area contributed by atoms with E-state index in [4.69, 9.17) is 5.11 Å². The number of hydrogen-bond acceptors (Lipinski definition) is 3. The zero-order valence-corrected chi connectivity index (χ0v) is 11.0. The van der Waals surface area contributed by atoms with Crippen molar-refractivity contribution in [1.29, 1.82) is 0 Å². The third-order valence-electron chi connectivity index (χ3n) is 2.56. The van der Waals surface area contributed by atoms with E-state index in [1.54, 1.807) is 13.8 Å². The standard InChI is InChI=1S/C13H15F2NO4/c1-7(2)10(12(18)19)16-11(17)8-3-5-9(6-4-8)20-13(14)15/h3-7,10,13H,1-2H3,(H,16,17)(H,18,19)/t10-/m0/s1. The summed E-state index contributed by atoms with van der Waals surface area (Å²) < 4.78 is 28.1. The summed E-state index contributed by atoms with van der Waals surface area (Å²) in [5, 5.41) is 11.3. The van der Waals surface area contributed by atoms with Gasteiger partial charge in [0.1, 0.15) is 11.8 Å². The molecule has 110 valence electrons. The van der Waals surface area contributed by atoms with Crippen molar-refractivity contribution < 1.29 is 28.2 Å². The Morgan fingerprint density at radius 2 is 1.75 bits per heavy atom. The number of carboxylic acid groups (broad SMARTS) is 1. The first-order valence-corrected chi connectivity index (χ1v) is 5.89. The molecular formula is C13H15F2NO4. The van der Waals surface area contributed by atoms with Crippen molar-refractivity contribution in [2.45, 2.75) is 26.5 Å². The lowest BCUT2D eigenvalue weighted by atomic mass is 10.0. The van der Waals surface area contributed by atoms with Crippen LogP contribution in [0.15, 0.2) is 24.3 Å². The van der Waals surface area contributed by atoms with Gasteiger partial charge in [-0.15, -0.1) is 0 Å². The van der Waals surface area contributed by atoms with Crippen molar-refractivity contribution in [2.24, 2.45) is 5.92 Å². The van der Waals surface area contributed by atoms with Crippen molar-refractivity contribution in [3.8, 4) is 5.75 Å². The fourth-order valence-corrected chi connectivity index (χ4v) is 1.53. The van der Waals surface area contributed by atoms with Crippen LogP contribution in [0.25, 0.3) is 0 Å². The maximum atomic E-state index is 12.0. The molecule has 2 N–H and O–H groups in total. The van der Waals surface area contributed by atoms with E-state index in [9.17, 15) is 18.4 Å². The van der Waals surface area contributed by atoms with E-state index < -0.39 is 24.5 Å². The molecule has 0 unspecified atom stereocenters. The van der Waals surface area contributed by atoms with E-state index in [1.807, 2.05) is 0 Å². The number of hydrogen-bond donors (Lipinski definition) is 2. The summed E-state index contributed by atoms with van der Waals surface area (Å²) in [6.45, 7) is 0.393. The average molecular weight is 287 g/mol. The van der Waals surface area contributed by atoms with Gasteiger partial charge in [-0.2, -0.15) is 8.78 Å². The van der Waals surface area contributed by atoms with Crippen LogP contribution < -0.4 is 10.1 Å². The summed E-state index contributed by atoms with van der Waals surface area (Å²) in [5.74, 6) is -2.08. The van der Waals surface area contributed by atoms with Crippen molar-refractivity contribution in [3.63, 3.8) is 0 Å². The molecule has 0 aliphatic rings. The van der Waals surface area contributed by atoms with Gasteiger partial charge in [0, 0.05) is 5.56 Å². The number of ether oxygens (including phenoxy) is 1. The molecule has 0 spiro atoms. The number of nitrogens with one attached hydrogen (secondary N) is 1. The van der Waals surface area contributed by atoms with Gasteiger partial charge in [0.25, 0.3) is 5.91 Å². The zero-order chi connectivity index (χ0) is 15.3. The minimum absolute atomic E-state index is 0.0739. The first-order chi connectivity index (χ1) is 9.31. The number of aliphatic carboxylic acids is 1. The Hall–Kier alpha value is -2.18. The molecule has 0 heterocycles. The highest BCUT2D eigenvalue weighted by Gasteiger charge is 2.23. The lowest BCUT2D eigenvalue weighted by Gasteiger charge is -2.17. The molecule has 0 aliphatic heterocycles. The molecule has 0 saturated carbocycles. The number of carboxylic acids is 1. The minimum atomic E-state index is -2.94. The first-order valence-electron chi connectivity index (χ1n) is 5.89. The summed E-state index contributed by atoms with van der Waals surface area (Å²) in [5.41, 5.74) is 0.165. The fourth-order valence-electron chi connectivity index (χ4n) is 1.53. The Balaban J connectivity index is 2.74. The molecule has 0 aliphatic carbocycles. The SMILES string of the molecule is CC(C)[C@H](NC(=O)c1ccc(OC(F)F)cc1)C(=O)O. The monoisotopic (exact) mass is 287 g/mol. The number of amides is 1. The predicted molar refractivity (Wildman–Crippen MR) is 66.8 cm³/mol. The van der Waals surface area contributed by atoms with Crippen molar-refractivity contribution in [1.82, 2.24) is 5.32 Å². The van der Waals surface area contributed by atoms with Crippen LogP contribution in [0.1, 0.15) is 24.2 Å². The van der Waals surface area contributed by atoms with Crippen molar-refractivity contribution in [2.75, 3.05) is 0 Å². The quantitative estimate of drug-likeness (QED) is 0.840. The van der Waals surface area contributed by atoms with Crippen LogP contribution >= 0.6 is 0 Å². The number of carbonyl (C=O) groups excluding carboxylic acids is 1. The fraction of sp³-hybridized carbons (Fsp3) is 0.385. The number of halogens is 2. The first kappa shape index (κ1) is 15.9. The van der Waals surface area contributed by atoms with E-state index >= 15 is 0 Å². The normalized spacial score (nSPS) is 12.3. The molecule has 1 aromatic rings. The van der Waals surface area contributed by atoms with Crippen LogP contribution in [-0.2, 0) is 4.79 Å². The molecule has 0 bridgehead atoms. The van der Waals surface area contributed by atoms with Crippen molar-refractivity contribution in [3.05, 3.63) is 29.8 Å². The Morgan fingerprint density at radius 3 is 2.15 bits per heavy atom. The van der Waals surface area contributed by atoms with Gasteiger partial charge in [0.15, 0.2) is 0 Å². The highest BCUT2D eigenvalue weighted by molar-refractivity contribution is 5.96. The number of rotatable bonds is 6. The summed E-state index contributed by atoms with van der Waals surface area (Å²) in [7, 11) is 0. The van der Waals surface area contributed by atoms with E-state index in [-0.39, 0.29) is 17.2 Å². The highest BCUT2D eigenvalue weighted by atomic mass is 19.3. The van der Waals surface area contributed by atoms with Gasteiger partial charge in [-0.05, 0) is 30.2 Å². The maximum Gasteiger partial charge on any atom is 0.387 e. The Kier molecular flexibility index (Phi) is 5.42. The van der Waals surface area contributed by atoms with Crippen LogP contribution in [0.2, 0.25) is 0 Å². The largest absolute Gasteiger partial charge is 0.480 e. The molecule has 0 aromatic heterocycles. The molecule has 20 heavy (non-hydrogen) atoms. The van der Waals surface area contributed by atoms with E-state index in [0.29, 0.717) is 0 Å². The molecule has 1 aromatic carbocycles. The Bertz CT molecular complexity index is 474. The van der Waals surface area contributed by atoms with Crippen LogP contribution in [0.4, 0.5) is 8.78 Å². The topological polar surface area (TPSA) is 75.6 Å². The molecule has 5 nitrogen and oxygen atoms in total. The van der Waals surface area contributed by atoms with Gasteiger partial charge < -0.3 is 15.2 Å². The Morgan fingerprint density at radius 1 is 1.20 bits per heavy atom. The van der Waals surface area contributed by atoms with Crippen LogP contribution in [-0.4, -0.2) is 29.6 Å². The molecule has 0 saturated heterocycles. The molecule has 7 heteroatoms. The van der Waals surface area contributed by atoms with Crippen LogP contribution in [0, 0.1) is 5.92 Å². The van der Waals surface area contributed by atoms with Gasteiger partial charge in [-0.1, -0.05) is 13.8 Å². The smallest absolute Gasteiger partial charge is 0.387 e. The van der Waals surface area contributed by atoms with Crippen LogP contribution in [0.3, 0.4) is 0 Å². The zero-order valence-electron chi connectivity index (χ0n) is 11.0. The number of benzene rings is 1. The van der Waals surface area contributed by atoms with Gasteiger partial charge in [-0.3, -0.25) is 4.79 Å². The summed E-state index contributed by atoms with van der Waals surface area (Å²) >= 11 is 0. The second kappa shape index (κ2) is 6.83. The van der Waals surface area contributed by atoms with Gasteiger partial charge >= 0.3 is 12.6 Å². The second-order valence-corrected chi connectivity index (χ2v) is 4.44. The number of carbonyl (C=O) groups is 2. The highest BCUT2D eigenvalue weighted by Crippen LogP contribution is 2.15. The second-order valence-electron chi connectivity index (χ2n) is 4.44. The molecule has 1 atom stereocenters. The van der Waals surface area contributed by atoms with Gasteiger partial charge in [-0.25, -0.2) is 4.79 Å². The lowest BCUT2D eigenvalue weighted by Crippen LogP contribution is -2.44. The van der Waals surface area contributed by atoms with Gasteiger partial charge in [0.2, 0.25) is 0 Å². The van der Waals surface area contributed by atoms with Crippen molar-refractivity contribution >= 4 is 11.9 Å². The minimum Gasteiger partial charge on any atom is -0.480 e. The lowest BCUT2D eigenvalue weighted by molar-refractivity contribution is -0.140. The maximum absolute atomic E-state index is 12.0. The number of alkyl halides is 2. The average Bonchev–Trinajstić information content (AvgIpc) is 2.35.